The van der Waals surface area contributed by atoms with Gasteiger partial charge in [-0.2, -0.15) is 4.39 Å². The van der Waals surface area contributed by atoms with Crippen LogP contribution >= 0.6 is 27.5 Å². The zero-order valence-electron chi connectivity index (χ0n) is 10.3. The number of nitrogens with two attached hydrogens (primary N) is 1. The first kappa shape index (κ1) is 15.5. The monoisotopic (exact) mass is 376 g/mol. The van der Waals surface area contributed by atoms with Gasteiger partial charge in [-0.05, 0) is 24.3 Å². The Kier molecular flexibility index (Phi) is 4.64. The molecule has 0 fully saturated rings. The SMILES string of the molecule is N/C(=N/O)c1c(Cl)cccc1Oc1cc(Br)cc(F)c1F. The summed E-state index contributed by atoms with van der Waals surface area (Å²) in [6, 6.07) is 6.65. The molecular weight excluding hydrogens is 370 g/mol. The number of hydrogen-bond acceptors (Lipinski definition) is 3. The Balaban J connectivity index is 2.53. The number of halogens is 4. The first-order valence-electron chi connectivity index (χ1n) is 5.53. The van der Waals surface area contributed by atoms with Crippen LogP contribution in [0.4, 0.5) is 8.78 Å². The molecule has 0 radical (unpaired) electrons. The highest BCUT2D eigenvalue weighted by Crippen LogP contribution is 2.33. The van der Waals surface area contributed by atoms with Crippen LogP contribution in [0.25, 0.3) is 0 Å². The minimum absolute atomic E-state index is 0.0224. The Morgan fingerprint density at radius 1 is 1.29 bits per heavy atom. The molecule has 0 aliphatic rings. The average molecular weight is 378 g/mol. The Bertz CT molecular complexity index is 726. The zero-order chi connectivity index (χ0) is 15.6. The minimum atomic E-state index is -1.16. The van der Waals surface area contributed by atoms with Crippen LogP contribution in [0, 0.1) is 11.6 Å². The van der Waals surface area contributed by atoms with Crippen molar-refractivity contribution in [1.29, 1.82) is 0 Å². The van der Waals surface area contributed by atoms with Crippen LogP contribution in [0.3, 0.4) is 0 Å². The first-order valence-corrected chi connectivity index (χ1v) is 6.70. The molecule has 0 bridgehead atoms. The number of ether oxygens (including phenoxy) is 1. The van der Waals surface area contributed by atoms with Gasteiger partial charge in [-0.25, -0.2) is 4.39 Å². The van der Waals surface area contributed by atoms with Crippen LogP contribution in [0.5, 0.6) is 11.5 Å². The summed E-state index contributed by atoms with van der Waals surface area (Å²) >= 11 is 8.98. The van der Waals surface area contributed by atoms with Crippen molar-refractivity contribution in [3.8, 4) is 11.5 Å². The smallest absolute Gasteiger partial charge is 0.201 e. The number of hydrogen-bond donors (Lipinski definition) is 2. The Labute approximate surface area is 131 Å². The maximum Gasteiger partial charge on any atom is 0.201 e. The molecule has 0 aliphatic heterocycles. The lowest BCUT2D eigenvalue weighted by atomic mass is 10.2. The predicted octanol–water partition coefficient (Wildman–Crippen LogP) is 4.27. The van der Waals surface area contributed by atoms with Crippen LogP contribution in [-0.4, -0.2) is 11.0 Å². The molecule has 0 heterocycles. The fourth-order valence-corrected chi connectivity index (χ4v) is 2.28. The third-order valence-electron chi connectivity index (χ3n) is 2.52. The van der Waals surface area contributed by atoms with Gasteiger partial charge in [0.2, 0.25) is 5.82 Å². The van der Waals surface area contributed by atoms with E-state index in [-0.39, 0.29) is 27.9 Å². The lowest BCUT2D eigenvalue weighted by Crippen LogP contribution is -2.15. The van der Waals surface area contributed by atoms with Crippen LogP contribution in [-0.2, 0) is 0 Å². The second kappa shape index (κ2) is 6.28. The molecule has 3 N–H and O–H groups in total. The Hall–Kier alpha value is -1.86. The van der Waals surface area contributed by atoms with Crippen molar-refractivity contribution < 1.29 is 18.7 Å². The van der Waals surface area contributed by atoms with E-state index >= 15 is 0 Å². The van der Waals surface area contributed by atoms with Crippen molar-refractivity contribution in [1.82, 2.24) is 0 Å². The largest absolute Gasteiger partial charge is 0.453 e. The second-order valence-corrected chi connectivity index (χ2v) is 5.22. The van der Waals surface area contributed by atoms with Crippen molar-refractivity contribution >= 4 is 33.4 Å². The highest BCUT2D eigenvalue weighted by atomic mass is 79.9. The van der Waals surface area contributed by atoms with Gasteiger partial charge in [0.05, 0.1) is 10.6 Å². The maximum absolute atomic E-state index is 13.7. The van der Waals surface area contributed by atoms with E-state index in [1.165, 1.54) is 24.3 Å². The quantitative estimate of drug-likeness (QED) is 0.276. The molecule has 0 saturated carbocycles. The van der Waals surface area contributed by atoms with Gasteiger partial charge in [-0.15, -0.1) is 0 Å². The van der Waals surface area contributed by atoms with Crippen molar-refractivity contribution in [3.63, 3.8) is 0 Å². The summed E-state index contributed by atoms with van der Waals surface area (Å²) in [6.07, 6.45) is 0. The highest BCUT2D eigenvalue weighted by molar-refractivity contribution is 9.10. The third kappa shape index (κ3) is 3.25. The summed E-state index contributed by atoms with van der Waals surface area (Å²) in [7, 11) is 0. The van der Waals surface area contributed by atoms with E-state index < -0.39 is 11.6 Å². The van der Waals surface area contributed by atoms with Gasteiger partial charge in [0.25, 0.3) is 0 Å². The molecule has 0 atom stereocenters. The van der Waals surface area contributed by atoms with Crippen molar-refractivity contribution in [2.24, 2.45) is 10.9 Å². The van der Waals surface area contributed by atoms with Gasteiger partial charge in [0.1, 0.15) is 5.75 Å². The third-order valence-corrected chi connectivity index (χ3v) is 3.29. The lowest BCUT2D eigenvalue weighted by molar-refractivity contribution is 0.318. The molecule has 0 saturated heterocycles. The highest BCUT2D eigenvalue weighted by Gasteiger charge is 2.17. The van der Waals surface area contributed by atoms with Gasteiger partial charge >= 0.3 is 0 Å². The predicted molar refractivity (Wildman–Crippen MR) is 78.1 cm³/mol. The van der Waals surface area contributed by atoms with Crippen molar-refractivity contribution in [2.75, 3.05) is 0 Å². The first-order chi connectivity index (χ1) is 9.93. The molecule has 8 heteroatoms. The van der Waals surface area contributed by atoms with Crippen LogP contribution in [0.1, 0.15) is 5.56 Å². The molecule has 0 aromatic heterocycles. The van der Waals surface area contributed by atoms with Gasteiger partial charge in [-0.3, -0.25) is 0 Å². The molecule has 21 heavy (non-hydrogen) atoms. The van der Waals surface area contributed by atoms with E-state index in [4.69, 9.17) is 27.3 Å². The second-order valence-electron chi connectivity index (χ2n) is 3.90. The number of amidine groups is 1. The van der Waals surface area contributed by atoms with Crippen LogP contribution in [0.15, 0.2) is 40.0 Å². The standard InChI is InChI=1S/C13H8BrClF2N2O2/c14-6-4-8(16)12(17)10(5-6)21-9-3-1-2-7(15)11(9)13(18)19-20/h1-5,20H,(H2,18,19). The van der Waals surface area contributed by atoms with Gasteiger partial charge in [-0.1, -0.05) is 38.8 Å². The fraction of sp³-hybridized carbons (Fsp3) is 0. The van der Waals surface area contributed by atoms with E-state index in [1.54, 1.807) is 0 Å². The normalized spacial score (nSPS) is 11.5. The fourth-order valence-electron chi connectivity index (χ4n) is 1.61. The molecular formula is C13H8BrClF2N2O2. The molecule has 2 rings (SSSR count). The minimum Gasteiger partial charge on any atom is -0.453 e. The lowest BCUT2D eigenvalue weighted by Gasteiger charge is -2.12. The number of nitrogens with zero attached hydrogens (tertiary/aromatic N) is 1. The summed E-state index contributed by atoms with van der Waals surface area (Å²) in [5.41, 5.74) is 5.58. The molecule has 110 valence electrons. The van der Waals surface area contributed by atoms with Crippen LogP contribution < -0.4 is 10.5 Å². The Morgan fingerprint density at radius 2 is 2.00 bits per heavy atom. The number of rotatable bonds is 3. The molecule has 0 amide bonds. The van der Waals surface area contributed by atoms with Crippen molar-refractivity contribution in [3.05, 3.63) is 57.0 Å². The van der Waals surface area contributed by atoms with Crippen LogP contribution in [0.2, 0.25) is 5.02 Å². The average Bonchev–Trinajstić information content (AvgIpc) is 2.43. The zero-order valence-corrected chi connectivity index (χ0v) is 12.6. The van der Waals surface area contributed by atoms with Gasteiger partial charge in [0.15, 0.2) is 17.4 Å². The molecule has 4 nitrogen and oxygen atoms in total. The summed E-state index contributed by atoms with van der Waals surface area (Å²) in [4.78, 5) is 0. The Morgan fingerprint density at radius 3 is 2.67 bits per heavy atom. The molecule has 0 unspecified atom stereocenters. The van der Waals surface area contributed by atoms with E-state index in [1.807, 2.05) is 0 Å². The number of benzene rings is 2. The number of oxime groups is 1. The van der Waals surface area contributed by atoms with Gasteiger partial charge < -0.3 is 15.7 Å². The van der Waals surface area contributed by atoms with E-state index in [9.17, 15) is 8.78 Å². The summed E-state index contributed by atoms with van der Waals surface area (Å²) in [5, 5.41) is 11.7. The summed E-state index contributed by atoms with van der Waals surface area (Å²) < 4.78 is 32.7. The molecule has 0 spiro atoms. The topological polar surface area (TPSA) is 67.8 Å². The van der Waals surface area contributed by atoms with Gasteiger partial charge in [0, 0.05) is 4.47 Å². The molecule has 2 aromatic carbocycles. The van der Waals surface area contributed by atoms with E-state index in [0.717, 1.165) is 6.07 Å². The van der Waals surface area contributed by atoms with E-state index in [2.05, 4.69) is 21.1 Å². The summed E-state index contributed by atoms with van der Waals surface area (Å²) in [6.45, 7) is 0. The summed E-state index contributed by atoms with van der Waals surface area (Å²) in [5.74, 6) is -2.90. The van der Waals surface area contributed by atoms with E-state index in [0.29, 0.717) is 4.47 Å². The molecule has 2 aromatic rings. The van der Waals surface area contributed by atoms with Crippen molar-refractivity contribution in [2.45, 2.75) is 0 Å². The maximum atomic E-state index is 13.7. The molecule has 0 aliphatic carbocycles.